The van der Waals surface area contributed by atoms with E-state index in [-0.39, 0.29) is 18.7 Å². The number of hydrogen-bond acceptors (Lipinski definition) is 3. The lowest BCUT2D eigenvalue weighted by atomic mass is 10.1. The van der Waals surface area contributed by atoms with Crippen LogP contribution in [0, 0.1) is 0 Å². The van der Waals surface area contributed by atoms with Crippen molar-refractivity contribution >= 4 is 5.97 Å². The smallest absolute Gasteiger partial charge is 0.338 e. The maximum Gasteiger partial charge on any atom is 0.338 e. The second-order valence-electron chi connectivity index (χ2n) is 4.14. The van der Waals surface area contributed by atoms with Gasteiger partial charge in [0.1, 0.15) is 6.10 Å². The standard InChI is InChI=1S/C15H14O2.C2H6O/c1-12(13-8-4-2-5-9-13)17-15(16)14-10-6-3-7-11-14;1-2-3/h2-12H,1H3;3H,2H2,1H3. The Morgan fingerprint density at radius 2 is 1.50 bits per heavy atom. The van der Waals surface area contributed by atoms with E-state index in [1.54, 1.807) is 19.1 Å². The number of rotatable bonds is 3. The SMILES string of the molecule is CC(OC(=O)c1ccccc1)c1ccccc1.CCO. The van der Waals surface area contributed by atoms with E-state index in [0.717, 1.165) is 5.56 Å². The first-order valence-corrected chi connectivity index (χ1v) is 6.60. The maximum atomic E-state index is 11.8. The number of aliphatic hydroxyl groups is 1. The topological polar surface area (TPSA) is 46.5 Å². The fraction of sp³-hybridized carbons (Fsp3) is 0.235. The average molecular weight is 272 g/mol. The molecule has 0 aliphatic heterocycles. The van der Waals surface area contributed by atoms with Crippen LogP contribution in [0.1, 0.15) is 35.9 Å². The van der Waals surface area contributed by atoms with E-state index in [1.165, 1.54) is 0 Å². The van der Waals surface area contributed by atoms with E-state index in [0.29, 0.717) is 5.56 Å². The Kier molecular flexibility index (Phi) is 7.07. The average Bonchev–Trinajstić information content (AvgIpc) is 2.50. The number of ether oxygens (including phenoxy) is 1. The molecule has 20 heavy (non-hydrogen) atoms. The minimum absolute atomic E-state index is 0.232. The van der Waals surface area contributed by atoms with Gasteiger partial charge in [0.05, 0.1) is 5.56 Å². The van der Waals surface area contributed by atoms with Crippen molar-refractivity contribution in [3.63, 3.8) is 0 Å². The highest BCUT2D eigenvalue weighted by Gasteiger charge is 2.12. The first-order valence-electron chi connectivity index (χ1n) is 6.60. The van der Waals surface area contributed by atoms with Crippen molar-refractivity contribution in [2.24, 2.45) is 0 Å². The molecule has 1 unspecified atom stereocenters. The zero-order valence-electron chi connectivity index (χ0n) is 11.8. The van der Waals surface area contributed by atoms with Crippen molar-refractivity contribution in [1.29, 1.82) is 0 Å². The summed E-state index contributed by atoms with van der Waals surface area (Å²) in [6.45, 7) is 3.80. The molecule has 0 radical (unpaired) electrons. The third kappa shape index (κ3) is 5.24. The summed E-state index contributed by atoms with van der Waals surface area (Å²) in [6.07, 6.45) is -0.232. The Morgan fingerprint density at radius 1 is 1.05 bits per heavy atom. The van der Waals surface area contributed by atoms with Gasteiger partial charge in [-0.05, 0) is 31.5 Å². The van der Waals surface area contributed by atoms with E-state index in [2.05, 4.69) is 0 Å². The van der Waals surface area contributed by atoms with E-state index >= 15 is 0 Å². The zero-order valence-corrected chi connectivity index (χ0v) is 11.8. The van der Waals surface area contributed by atoms with Crippen molar-refractivity contribution in [3.05, 3.63) is 71.8 Å². The molecular formula is C17H20O3. The van der Waals surface area contributed by atoms with Gasteiger partial charge < -0.3 is 9.84 Å². The molecule has 0 bridgehead atoms. The van der Waals surface area contributed by atoms with Crippen LogP contribution in [0.2, 0.25) is 0 Å². The van der Waals surface area contributed by atoms with E-state index < -0.39 is 0 Å². The Morgan fingerprint density at radius 3 is 2.00 bits per heavy atom. The largest absolute Gasteiger partial charge is 0.454 e. The predicted molar refractivity (Wildman–Crippen MR) is 79.5 cm³/mol. The van der Waals surface area contributed by atoms with Gasteiger partial charge in [0.2, 0.25) is 0 Å². The van der Waals surface area contributed by atoms with Gasteiger partial charge in [0.25, 0.3) is 0 Å². The molecule has 0 saturated heterocycles. The molecule has 0 aromatic heterocycles. The fourth-order valence-corrected chi connectivity index (χ4v) is 1.59. The number of esters is 1. The normalized spacial score (nSPS) is 10.9. The van der Waals surface area contributed by atoms with Crippen LogP contribution in [0.15, 0.2) is 60.7 Å². The molecule has 106 valence electrons. The molecule has 3 nitrogen and oxygen atoms in total. The first kappa shape index (κ1) is 15.9. The van der Waals surface area contributed by atoms with Crippen molar-refractivity contribution in [1.82, 2.24) is 0 Å². The van der Waals surface area contributed by atoms with E-state index in [1.807, 2.05) is 55.5 Å². The van der Waals surface area contributed by atoms with Gasteiger partial charge >= 0.3 is 5.97 Å². The van der Waals surface area contributed by atoms with Gasteiger partial charge in [0.15, 0.2) is 0 Å². The third-order valence-corrected chi connectivity index (χ3v) is 2.56. The fourth-order valence-electron chi connectivity index (χ4n) is 1.59. The number of benzene rings is 2. The highest BCUT2D eigenvalue weighted by molar-refractivity contribution is 5.89. The lowest BCUT2D eigenvalue weighted by Gasteiger charge is -2.13. The number of aliphatic hydroxyl groups excluding tert-OH is 1. The van der Waals surface area contributed by atoms with Gasteiger partial charge in [0, 0.05) is 6.61 Å². The summed E-state index contributed by atoms with van der Waals surface area (Å²) < 4.78 is 5.38. The van der Waals surface area contributed by atoms with Crippen LogP contribution in [-0.2, 0) is 4.74 Å². The van der Waals surface area contributed by atoms with Crippen LogP contribution >= 0.6 is 0 Å². The van der Waals surface area contributed by atoms with Crippen molar-refractivity contribution < 1.29 is 14.6 Å². The molecule has 0 heterocycles. The maximum absolute atomic E-state index is 11.8. The van der Waals surface area contributed by atoms with Gasteiger partial charge in [-0.1, -0.05) is 48.5 Å². The Bertz CT molecular complexity index is 494. The quantitative estimate of drug-likeness (QED) is 0.868. The summed E-state index contributed by atoms with van der Waals surface area (Å²) >= 11 is 0. The van der Waals surface area contributed by atoms with Crippen molar-refractivity contribution in [2.45, 2.75) is 20.0 Å². The summed E-state index contributed by atoms with van der Waals surface area (Å²) in [4.78, 5) is 11.8. The van der Waals surface area contributed by atoms with E-state index in [4.69, 9.17) is 9.84 Å². The number of hydrogen-bond donors (Lipinski definition) is 1. The number of carbonyl (C=O) groups is 1. The Labute approximate surface area is 119 Å². The molecule has 0 fully saturated rings. The monoisotopic (exact) mass is 272 g/mol. The van der Waals surface area contributed by atoms with Crippen LogP contribution in [0.4, 0.5) is 0 Å². The Hall–Kier alpha value is -2.13. The molecule has 3 heteroatoms. The lowest BCUT2D eigenvalue weighted by Crippen LogP contribution is -2.08. The van der Waals surface area contributed by atoms with Crippen molar-refractivity contribution in [3.8, 4) is 0 Å². The minimum atomic E-state index is -0.290. The van der Waals surface area contributed by atoms with Crippen molar-refractivity contribution in [2.75, 3.05) is 6.61 Å². The molecule has 1 atom stereocenters. The van der Waals surface area contributed by atoms with Gasteiger partial charge in [-0.2, -0.15) is 0 Å². The number of carbonyl (C=O) groups excluding carboxylic acids is 1. The van der Waals surface area contributed by atoms with Gasteiger partial charge in [-0.15, -0.1) is 0 Å². The van der Waals surface area contributed by atoms with Gasteiger partial charge in [-0.25, -0.2) is 4.79 Å². The molecule has 2 aromatic rings. The van der Waals surface area contributed by atoms with Crippen LogP contribution < -0.4 is 0 Å². The molecule has 1 N–H and O–H groups in total. The second-order valence-corrected chi connectivity index (χ2v) is 4.14. The predicted octanol–water partition coefficient (Wildman–Crippen LogP) is 3.60. The van der Waals surface area contributed by atoms with Crippen LogP contribution in [0.3, 0.4) is 0 Å². The molecule has 2 aromatic carbocycles. The summed E-state index contributed by atoms with van der Waals surface area (Å²) in [5.41, 5.74) is 1.58. The first-order chi connectivity index (χ1) is 9.69. The summed E-state index contributed by atoms with van der Waals surface area (Å²) in [6, 6.07) is 18.7. The molecule has 2 rings (SSSR count). The highest BCUT2D eigenvalue weighted by Crippen LogP contribution is 2.17. The molecule has 0 aliphatic rings. The van der Waals surface area contributed by atoms with E-state index in [9.17, 15) is 4.79 Å². The zero-order chi connectivity index (χ0) is 14.8. The summed E-state index contributed by atoms with van der Waals surface area (Å²) in [5.74, 6) is -0.290. The van der Waals surface area contributed by atoms with Crippen LogP contribution in [-0.4, -0.2) is 17.7 Å². The lowest BCUT2D eigenvalue weighted by molar-refractivity contribution is 0.0338. The Balaban J connectivity index is 0.000000612. The second kappa shape index (κ2) is 8.88. The minimum Gasteiger partial charge on any atom is -0.454 e. The molecular weight excluding hydrogens is 252 g/mol. The summed E-state index contributed by atoms with van der Waals surface area (Å²) in [7, 11) is 0. The van der Waals surface area contributed by atoms with Gasteiger partial charge in [-0.3, -0.25) is 0 Å². The molecule has 0 saturated carbocycles. The van der Waals surface area contributed by atoms with Crippen LogP contribution in [0.25, 0.3) is 0 Å². The third-order valence-electron chi connectivity index (χ3n) is 2.56. The summed E-state index contributed by atoms with van der Waals surface area (Å²) in [5, 5.41) is 7.57. The molecule has 0 aliphatic carbocycles. The highest BCUT2D eigenvalue weighted by atomic mass is 16.5. The molecule has 0 amide bonds. The molecule has 0 spiro atoms. The van der Waals surface area contributed by atoms with Crippen LogP contribution in [0.5, 0.6) is 0 Å².